The summed E-state index contributed by atoms with van der Waals surface area (Å²) in [6, 6.07) is 10.9. The van der Waals surface area contributed by atoms with Crippen LogP contribution in [0.25, 0.3) is 0 Å². The van der Waals surface area contributed by atoms with E-state index >= 15 is 0 Å². The molecule has 0 aromatic heterocycles. The second-order valence-corrected chi connectivity index (χ2v) is 7.62. The molecule has 2 rings (SSSR count). The number of thioether (sulfide) groups is 1. The van der Waals surface area contributed by atoms with E-state index < -0.39 is 0 Å². The van der Waals surface area contributed by atoms with Crippen molar-refractivity contribution in [2.24, 2.45) is 0 Å². The maximum Gasteiger partial charge on any atom is 0.279 e. The minimum atomic E-state index is -0.187. The molecule has 0 heterocycles. The third-order valence-electron chi connectivity index (χ3n) is 4.03. The van der Waals surface area contributed by atoms with Crippen LogP contribution in [0.5, 0.6) is 0 Å². The molecule has 1 amide bonds. The van der Waals surface area contributed by atoms with Gasteiger partial charge in [0.1, 0.15) is 5.82 Å². The molecule has 2 N–H and O–H groups in total. The van der Waals surface area contributed by atoms with Crippen LogP contribution in [0.4, 0.5) is 10.1 Å². The zero-order valence-corrected chi connectivity index (χ0v) is 16.1. The molecule has 5 heteroatoms. The number of likely N-dealkylation sites (N-methyl/N-ethyl adjacent to an activating group) is 1. The molecular formula is C20H26FN2OS+. The number of halogens is 1. The summed E-state index contributed by atoms with van der Waals surface area (Å²) < 4.78 is 13.6. The SMILES string of the molecule is Cc1cc(C)c(NC(=O)C[NH+](C)CCSc2ccccc2F)c(C)c1. The van der Waals surface area contributed by atoms with Gasteiger partial charge in [-0.05, 0) is 44.0 Å². The van der Waals surface area contributed by atoms with Crippen molar-refractivity contribution in [3.05, 3.63) is 58.9 Å². The summed E-state index contributed by atoms with van der Waals surface area (Å²) in [6.45, 7) is 7.26. The van der Waals surface area contributed by atoms with Crippen molar-refractivity contribution in [1.29, 1.82) is 0 Å². The minimum Gasteiger partial charge on any atom is -0.329 e. The first-order chi connectivity index (χ1) is 11.9. The van der Waals surface area contributed by atoms with Gasteiger partial charge in [0.05, 0.1) is 13.6 Å². The van der Waals surface area contributed by atoms with Crippen LogP contribution >= 0.6 is 11.8 Å². The lowest BCUT2D eigenvalue weighted by Gasteiger charge is -2.16. The summed E-state index contributed by atoms with van der Waals surface area (Å²) in [4.78, 5) is 14.1. The maximum atomic E-state index is 13.6. The van der Waals surface area contributed by atoms with Crippen molar-refractivity contribution < 1.29 is 14.1 Å². The van der Waals surface area contributed by atoms with E-state index in [1.165, 1.54) is 23.4 Å². The Bertz CT molecular complexity index is 725. The number of aryl methyl sites for hydroxylation is 3. The van der Waals surface area contributed by atoms with Crippen LogP contribution in [0.2, 0.25) is 0 Å². The van der Waals surface area contributed by atoms with Gasteiger partial charge in [-0.2, -0.15) is 0 Å². The lowest BCUT2D eigenvalue weighted by Crippen LogP contribution is -3.10. The number of carbonyl (C=O) groups is 1. The largest absolute Gasteiger partial charge is 0.329 e. The fraction of sp³-hybridized carbons (Fsp3) is 0.350. The Balaban J connectivity index is 1.81. The number of anilines is 1. The number of hydrogen-bond donors (Lipinski definition) is 2. The smallest absolute Gasteiger partial charge is 0.279 e. The first kappa shape index (κ1) is 19.5. The van der Waals surface area contributed by atoms with Crippen LogP contribution in [0.1, 0.15) is 16.7 Å². The van der Waals surface area contributed by atoms with E-state index in [-0.39, 0.29) is 11.7 Å². The molecule has 0 aliphatic rings. The lowest BCUT2D eigenvalue weighted by molar-refractivity contribution is -0.868. The molecule has 0 bridgehead atoms. The van der Waals surface area contributed by atoms with Gasteiger partial charge in [-0.1, -0.05) is 29.8 Å². The van der Waals surface area contributed by atoms with E-state index in [9.17, 15) is 9.18 Å². The molecule has 1 unspecified atom stereocenters. The van der Waals surface area contributed by atoms with Gasteiger partial charge in [0.15, 0.2) is 6.54 Å². The number of hydrogen-bond acceptors (Lipinski definition) is 2. The van der Waals surface area contributed by atoms with Crippen LogP contribution < -0.4 is 10.2 Å². The highest BCUT2D eigenvalue weighted by Crippen LogP contribution is 2.22. The molecule has 2 aromatic rings. The zero-order chi connectivity index (χ0) is 18.4. The Morgan fingerprint density at radius 1 is 1.16 bits per heavy atom. The lowest BCUT2D eigenvalue weighted by atomic mass is 10.1. The van der Waals surface area contributed by atoms with Crippen molar-refractivity contribution in [3.8, 4) is 0 Å². The highest BCUT2D eigenvalue weighted by atomic mass is 32.2. The maximum absolute atomic E-state index is 13.6. The van der Waals surface area contributed by atoms with Crippen LogP contribution in [0.15, 0.2) is 41.3 Å². The van der Waals surface area contributed by atoms with E-state index in [0.717, 1.165) is 34.0 Å². The Kier molecular flexibility index (Phi) is 7.02. The predicted molar refractivity (Wildman–Crippen MR) is 103 cm³/mol. The summed E-state index contributed by atoms with van der Waals surface area (Å²) in [5, 5.41) is 3.03. The van der Waals surface area contributed by atoms with Gasteiger partial charge in [-0.25, -0.2) is 4.39 Å². The van der Waals surface area contributed by atoms with E-state index in [1.807, 2.05) is 27.0 Å². The quantitative estimate of drug-likeness (QED) is 0.744. The Morgan fingerprint density at radius 2 is 1.80 bits per heavy atom. The third kappa shape index (κ3) is 5.87. The summed E-state index contributed by atoms with van der Waals surface area (Å²) in [5.41, 5.74) is 4.27. The molecule has 0 spiro atoms. The molecule has 134 valence electrons. The van der Waals surface area contributed by atoms with Crippen LogP contribution in [0.3, 0.4) is 0 Å². The molecule has 0 saturated carbocycles. The summed E-state index contributed by atoms with van der Waals surface area (Å²) in [5.74, 6) is 0.583. The van der Waals surface area contributed by atoms with Gasteiger partial charge in [0, 0.05) is 16.3 Å². The van der Waals surface area contributed by atoms with Gasteiger partial charge < -0.3 is 10.2 Å². The first-order valence-electron chi connectivity index (χ1n) is 8.43. The van der Waals surface area contributed by atoms with E-state index in [2.05, 4.69) is 24.4 Å². The Labute approximate surface area is 153 Å². The van der Waals surface area contributed by atoms with Crippen LogP contribution in [0, 0.1) is 26.6 Å². The number of nitrogens with one attached hydrogen (secondary N) is 2. The predicted octanol–water partition coefficient (Wildman–Crippen LogP) is 3.00. The van der Waals surface area contributed by atoms with Gasteiger partial charge in [-0.15, -0.1) is 11.8 Å². The Hall–Kier alpha value is -1.85. The molecule has 2 aromatic carbocycles. The number of benzene rings is 2. The van der Waals surface area contributed by atoms with Gasteiger partial charge in [-0.3, -0.25) is 4.79 Å². The molecule has 0 fully saturated rings. The summed E-state index contributed by atoms with van der Waals surface area (Å²) in [6.07, 6.45) is 0. The number of carbonyl (C=O) groups excluding carboxylic acids is 1. The minimum absolute atomic E-state index is 0.00319. The molecule has 0 radical (unpaired) electrons. The van der Waals surface area contributed by atoms with Crippen LogP contribution in [-0.2, 0) is 4.79 Å². The molecule has 25 heavy (non-hydrogen) atoms. The highest BCUT2D eigenvalue weighted by Gasteiger charge is 2.13. The van der Waals surface area contributed by atoms with Gasteiger partial charge >= 0.3 is 0 Å². The first-order valence-corrected chi connectivity index (χ1v) is 9.41. The number of rotatable bonds is 7. The van der Waals surface area contributed by atoms with Crippen molar-refractivity contribution in [2.45, 2.75) is 25.7 Å². The van der Waals surface area contributed by atoms with Crippen molar-refractivity contribution in [1.82, 2.24) is 0 Å². The molecule has 3 nitrogen and oxygen atoms in total. The zero-order valence-electron chi connectivity index (χ0n) is 15.3. The standard InChI is InChI=1S/C20H25FN2OS/c1-14-11-15(2)20(16(3)12-14)22-19(24)13-23(4)9-10-25-18-8-6-5-7-17(18)21/h5-8,11-12H,9-10,13H2,1-4H3,(H,22,24)/p+1. The van der Waals surface area contributed by atoms with E-state index in [4.69, 9.17) is 0 Å². The molecule has 1 atom stereocenters. The normalized spacial score (nSPS) is 12.0. The second kappa shape index (κ2) is 9.02. The van der Waals surface area contributed by atoms with Crippen molar-refractivity contribution >= 4 is 23.4 Å². The van der Waals surface area contributed by atoms with E-state index in [1.54, 1.807) is 12.1 Å². The number of quaternary nitrogens is 1. The average molecular weight is 362 g/mol. The fourth-order valence-electron chi connectivity index (χ4n) is 2.82. The van der Waals surface area contributed by atoms with Gasteiger partial charge in [0.2, 0.25) is 0 Å². The summed E-state index contributed by atoms with van der Waals surface area (Å²) in [7, 11) is 1.98. The Morgan fingerprint density at radius 3 is 2.44 bits per heavy atom. The fourth-order valence-corrected chi connectivity index (χ4v) is 3.87. The topological polar surface area (TPSA) is 33.5 Å². The molecule has 0 saturated heterocycles. The van der Waals surface area contributed by atoms with Crippen molar-refractivity contribution in [2.75, 3.05) is 31.2 Å². The molecular weight excluding hydrogens is 335 g/mol. The van der Waals surface area contributed by atoms with Gasteiger partial charge in [0.25, 0.3) is 5.91 Å². The number of amides is 1. The highest BCUT2D eigenvalue weighted by molar-refractivity contribution is 7.99. The second-order valence-electron chi connectivity index (χ2n) is 6.48. The summed E-state index contributed by atoms with van der Waals surface area (Å²) >= 11 is 1.49. The molecule has 0 aliphatic heterocycles. The third-order valence-corrected chi connectivity index (χ3v) is 5.08. The van der Waals surface area contributed by atoms with Crippen LogP contribution in [-0.4, -0.2) is 31.8 Å². The van der Waals surface area contributed by atoms with E-state index in [0.29, 0.717) is 11.4 Å². The monoisotopic (exact) mass is 361 g/mol. The average Bonchev–Trinajstić information content (AvgIpc) is 2.52. The van der Waals surface area contributed by atoms with Crippen molar-refractivity contribution in [3.63, 3.8) is 0 Å². The molecule has 0 aliphatic carbocycles.